The second kappa shape index (κ2) is 5.57. The van der Waals surface area contributed by atoms with Crippen LogP contribution in [0.5, 0.6) is 0 Å². The van der Waals surface area contributed by atoms with Gasteiger partial charge in [-0.25, -0.2) is 4.79 Å². The quantitative estimate of drug-likeness (QED) is 0.727. The summed E-state index contributed by atoms with van der Waals surface area (Å²) in [6.45, 7) is 1.26. The Kier molecular flexibility index (Phi) is 3.85. The molecule has 8 nitrogen and oxygen atoms in total. The van der Waals surface area contributed by atoms with E-state index in [0.717, 1.165) is 0 Å². The number of carbonyl (C=O) groups excluding carboxylic acids is 1. The summed E-state index contributed by atoms with van der Waals surface area (Å²) in [7, 11) is 0. The Bertz CT molecular complexity index is 601. The molecule has 2 heterocycles. The average Bonchev–Trinajstić information content (AvgIpc) is 3.04. The van der Waals surface area contributed by atoms with Crippen molar-refractivity contribution in [2.75, 3.05) is 0 Å². The number of furan rings is 1. The first-order valence-electron chi connectivity index (χ1n) is 5.71. The second-order valence-electron chi connectivity index (χ2n) is 4.08. The number of aliphatic carboxylic acids is 1. The predicted octanol–water partition coefficient (Wildman–Crippen LogP) is 0.498. The maximum atomic E-state index is 11.8. The molecule has 1 amide bonds. The highest BCUT2D eigenvalue weighted by molar-refractivity contribution is 5.95. The van der Waals surface area contributed by atoms with Crippen molar-refractivity contribution < 1.29 is 28.7 Å². The number of hydrogen-bond donors (Lipinski definition) is 3. The van der Waals surface area contributed by atoms with Crippen molar-refractivity contribution in [2.24, 2.45) is 0 Å². The Morgan fingerprint density at radius 2 is 2.15 bits per heavy atom. The summed E-state index contributed by atoms with van der Waals surface area (Å²) in [5.74, 6) is -1.48. The summed E-state index contributed by atoms with van der Waals surface area (Å²) in [4.78, 5) is 22.7. The van der Waals surface area contributed by atoms with E-state index in [0.29, 0.717) is 5.76 Å². The molecule has 0 aliphatic carbocycles. The van der Waals surface area contributed by atoms with Crippen LogP contribution >= 0.6 is 0 Å². The van der Waals surface area contributed by atoms with Crippen LogP contribution in [0.3, 0.4) is 0 Å². The zero-order valence-electron chi connectivity index (χ0n) is 10.4. The van der Waals surface area contributed by atoms with Gasteiger partial charge in [0.2, 0.25) is 5.76 Å². The lowest BCUT2D eigenvalue weighted by Gasteiger charge is -2.15. The molecule has 2 unspecified atom stereocenters. The Hall–Kier alpha value is -2.61. The molecule has 0 radical (unpaired) electrons. The van der Waals surface area contributed by atoms with Crippen LogP contribution in [0.2, 0.25) is 0 Å². The Morgan fingerprint density at radius 3 is 2.70 bits per heavy atom. The van der Waals surface area contributed by atoms with Gasteiger partial charge in [-0.2, -0.15) is 0 Å². The highest BCUT2D eigenvalue weighted by Crippen LogP contribution is 2.20. The van der Waals surface area contributed by atoms with E-state index < -0.39 is 24.0 Å². The number of hydrogen-bond acceptors (Lipinski definition) is 6. The van der Waals surface area contributed by atoms with Crippen molar-refractivity contribution in [3.63, 3.8) is 0 Å². The molecule has 0 saturated heterocycles. The van der Waals surface area contributed by atoms with Gasteiger partial charge in [-0.3, -0.25) is 4.79 Å². The molecule has 0 aliphatic heterocycles. The summed E-state index contributed by atoms with van der Waals surface area (Å²) in [5, 5.41) is 23.8. The minimum atomic E-state index is -1.42. The molecule has 2 rings (SSSR count). The molecule has 0 fully saturated rings. The topological polar surface area (TPSA) is 126 Å². The van der Waals surface area contributed by atoms with Crippen molar-refractivity contribution in [1.29, 1.82) is 0 Å². The van der Waals surface area contributed by atoms with Crippen LogP contribution in [0, 0.1) is 0 Å². The van der Waals surface area contributed by atoms with E-state index in [9.17, 15) is 14.7 Å². The number of carbonyl (C=O) groups is 2. The van der Waals surface area contributed by atoms with E-state index in [4.69, 9.17) is 14.0 Å². The average molecular weight is 280 g/mol. The molecule has 0 spiro atoms. The third kappa shape index (κ3) is 2.86. The van der Waals surface area contributed by atoms with Crippen molar-refractivity contribution in [3.8, 4) is 11.5 Å². The van der Waals surface area contributed by atoms with Crippen LogP contribution in [-0.2, 0) is 4.79 Å². The highest BCUT2D eigenvalue weighted by atomic mass is 16.5. The summed E-state index contributed by atoms with van der Waals surface area (Å²) < 4.78 is 9.99. The molecule has 2 atom stereocenters. The first-order chi connectivity index (χ1) is 9.49. The summed E-state index contributed by atoms with van der Waals surface area (Å²) in [5.41, 5.74) is -0.108. The maximum absolute atomic E-state index is 11.8. The molecule has 8 heteroatoms. The van der Waals surface area contributed by atoms with E-state index >= 15 is 0 Å². The number of aromatic nitrogens is 1. The van der Waals surface area contributed by atoms with Gasteiger partial charge in [0, 0.05) is 6.07 Å². The zero-order valence-corrected chi connectivity index (χ0v) is 10.4. The van der Waals surface area contributed by atoms with E-state index in [-0.39, 0.29) is 11.5 Å². The van der Waals surface area contributed by atoms with Gasteiger partial charge in [0.1, 0.15) is 0 Å². The largest absolute Gasteiger partial charge is 0.480 e. The van der Waals surface area contributed by atoms with Crippen LogP contribution in [-0.4, -0.2) is 39.4 Å². The number of rotatable bonds is 5. The number of carboxylic acids is 1. The first-order valence-corrected chi connectivity index (χ1v) is 5.71. The van der Waals surface area contributed by atoms with E-state index in [1.165, 1.54) is 19.3 Å². The molecule has 106 valence electrons. The fraction of sp³-hybridized carbons (Fsp3) is 0.250. The van der Waals surface area contributed by atoms with E-state index in [1.807, 2.05) is 0 Å². The highest BCUT2D eigenvalue weighted by Gasteiger charge is 2.27. The van der Waals surface area contributed by atoms with E-state index in [1.54, 1.807) is 12.1 Å². The lowest BCUT2D eigenvalue weighted by atomic mass is 10.2. The lowest BCUT2D eigenvalue weighted by Crippen LogP contribution is -2.47. The lowest BCUT2D eigenvalue weighted by molar-refractivity contribution is -0.141. The van der Waals surface area contributed by atoms with Gasteiger partial charge in [0.15, 0.2) is 17.5 Å². The number of aliphatic hydroxyl groups excluding tert-OH is 1. The third-order valence-electron chi connectivity index (χ3n) is 2.54. The molecule has 2 aromatic rings. The fourth-order valence-corrected chi connectivity index (χ4v) is 1.52. The summed E-state index contributed by atoms with van der Waals surface area (Å²) in [6, 6.07) is 3.16. The van der Waals surface area contributed by atoms with Gasteiger partial charge in [0.25, 0.3) is 5.91 Å². The van der Waals surface area contributed by atoms with Crippen molar-refractivity contribution in [1.82, 2.24) is 10.5 Å². The van der Waals surface area contributed by atoms with Crippen molar-refractivity contribution in [2.45, 2.75) is 19.1 Å². The van der Waals surface area contributed by atoms with Gasteiger partial charge in [0.05, 0.1) is 12.4 Å². The van der Waals surface area contributed by atoms with Crippen molar-refractivity contribution in [3.05, 3.63) is 30.2 Å². The summed E-state index contributed by atoms with van der Waals surface area (Å²) in [6.07, 6.45) is 0.193. The molecule has 0 bridgehead atoms. The minimum Gasteiger partial charge on any atom is -0.480 e. The Labute approximate surface area is 113 Å². The molecule has 20 heavy (non-hydrogen) atoms. The SMILES string of the molecule is CC(O)C(NC(=O)c1cc(-c2ccco2)on1)C(=O)O. The molecular formula is C12H12N2O6. The third-order valence-corrected chi connectivity index (χ3v) is 2.54. The standard InChI is InChI=1S/C12H12N2O6/c1-6(15)10(12(17)18)13-11(16)7-5-9(20-14-7)8-3-2-4-19-8/h2-6,10,15H,1H3,(H,13,16)(H,17,18). The van der Waals surface area contributed by atoms with Crippen LogP contribution in [0.4, 0.5) is 0 Å². The molecule has 0 aliphatic rings. The number of nitrogens with zero attached hydrogens (tertiary/aromatic N) is 1. The van der Waals surface area contributed by atoms with Crippen LogP contribution in [0.1, 0.15) is 17.4 Å². The van der Waals surface area contributed by atoms with Crippen LogP contribution in [0.15, 0.2) is 33.4 Å². The molecule has 0 saturated carbocycles. The number of aliphatic hydroxyl groups is 1. The van der Waals surface area contributed by atoms with Crippen LogP contribution < -0.4 is 5.32 Å². The number of amides is 1. The summed E-state index contributed by atoms with van der Waals surface area (Å²) >= 11 is 0. The molecule has 2 aromatic heterocycles. The predicted molar refractivity (Wildman–Crippen MR) is 64.8 cm³/mol. The Morgan fingerprint density at radius 1 is 1.40 bits per heavy atom. The molecule has 0 aromatic carbocycles. The molecule has 3 N–H and O–H groups in total. The Balaban J connectivity index is 2.12. The van der Waals surface area contributed by atoms with E-state index in [2.05, 4.69) is 10.5 Å². The van der Waals surface area contributed by atoms with Gasteiger partial charge in [-0.1, -0.05) is 5.16 Å². The molecular weight excluding hydrogens is 268 g/mol. The van der Waals surface area contributed by atoms with Crippen LogP contribution in [0.25, 0.3) is 11.5 Å². The second-order valence-corrected chi connectivity index (χ2v) is 4.08. The van der Waals surface area contributed by atoms with Crippen molar-refractivity contribution >= 4 is 11.9 Å². The minimum absolute atomic E-state index is 0.108. The monoisotopic (exact) mass is 280 g/mol. The zero-order chi connectivity index (χ0) is 14.7. The smallest absolute Gasteiger partial charge is 0.328 e. The van der Waals surface area contributed by atoms with Gasteiger partial charge >= 0.3 is 5.97 Å². The first kappa shape index (κ1) is 13.8. The number of carboxylic acid groups (broad SMARTS) is 1. The van der Waals surface area contributed by atoms with Gasteiger partial charge in [-0.15, -0.1) is 0 Å². The maximum Gasteiger partial charge on any atom is 0.328 e. The number of nitrogens with one attached hydrogen (secondary N) is 1. The normalized spacial score (nSPS) is 13.7. The van der Waals surface area contributed by atoms with Gasteiger partial charge in [-0.05, 0) is 19.1 Å². The fourth-order valence-electron chi connectivity index (χ4n) is 1.52. The van der Waals surface area contributed by atoms with Gasteiger partial charge < -0.3 is 24.5 Å².